The SMILES string of the molecule is O=c1[nH]c2cccc(OCCN3CCC(Cc4ccccc4)CC3)c2[nH]c1=O. The monoisotopic (exact) mass is 379 g/mol. The molecule has 1 aromatic heterocycles. The maximum Gasteiger partial charge on any atom is 0.314 e. The summed E-state index contributed by atoms with van der Waals surface area (Å²) >= 11 is 0. The number of hydrogen-bond donors (Lipinski definition) is 2. The Bertz CT molecular complexity index is 1030. The number of fused-ring (bicyclic) bond motifs is 1. The summed E-state index contributed by atoms with van der Waals surface area (Å²) in [5.74, 6) is 1.34. The van der Waals surface area contributed by atoms with Gasteiger partial charge in [-0.05, 0) is 56.0 Å². The van der Waals surface area contributed by atoms with Crippen molar-refractivity contribution in [2.75, 3.05) is 26.2 Å². The fraction of sp³-hybridized carbons (Fsp3) is 0.364. The highest BCUT2D eigenvalue weighted by molar-refractivity contribution is 5.80. The number of likely N-dealkylation sites (tertiary alicyclic amines) is 1. The number of H-pyrrole nitrogens is 2. The van der Waals surface area contributed by atoms with Crippen LogP contribution in [0.4, 0.5) is 0 Å². The fourth-order valence-corrected chi connectivity index (χ4v) is 3.88. The summed E-state index contributed by atoms with van der Waals surface area (Å²) in [5, 5.41) is 0. The second-order valence-electron chi connectivity index (χ2n) is 7.41. The number of benzene rings is 2. The Balaban J connectivity index is 1.28. The van der Waals surface area contributed by atoms with Crippen molar-refractivity contribution in [1.82, 2.24) is 14.9 Å². The molecule has 0 aliphatic carbocycles. The molecule has 0 bridgehead atoms. The molecule has 6 nitrogen and oxygen atoms in total. The third-order valence-electron chi connectivity index (χ3n) is 5.46. The molecule has 1 saturated heterocycles. The number of para-hydroxylation sites is 1. The minimum Gasteiger partial charge on any atom is -0.490 e. The van der Waals surface area contributed by atoms with Gasteiger partial charge >= 0.3 is 11.1 Å². The lowest BCUT2D eigenvalue weighted by molar-refractivity contribution is 0.155. The first-order valence-corrected chi connectivity index (χ1v) is 9.83. The van der Waals surface area contributed by atoms with E-state index in [2.05, 4.69) is 45.2 Å². The van der Waals surface area contributed by atoms with Crippen molar-refractivity contribution in [2.45, 2.75) is 19.3 Å². The predicted octanol–water partition coefficient (Wildman–Crippen LogP) is 2.55. The molecule has 0 radical (unpaired) electrons. The second-order valence-corrected chi connectivity index (χ2v) is 7.41. The molecular formula is C22H25N3O3. The van der Waals surface area contributed by atoms with Crippen LogP contribution in [0.3, 0.4) is 0 Å². The fourth-order valence-electron chi connectivity index (χ4n) is 3.88. The summed E-state index contributed by atoms with van der Waals surface area (Å²) in [5.41, 5.74) is 1.22. The van der Waals surface area contributed by atoms with Crippen LogP contribution in [0, 0.1) is 5.92 Å². The van der Waals surface area contributed by atoms with Crippen molar-refractivity contribution < 1.29 is 4.74 Å². The predicted molar refractivity (Wildman–Crippen MR) is 110 cm³/mol. The van der Waals surface area contributed by atoms with Gasteiger partial charge in [0.05, 0.1) is 5.52 Å². The van der Waals surface area contributed by atoms with Gasteiger partial charge < -0.3 is 14.7 Å². The Hall–Kier alpha value is -2.86. The van der Waals surface area contributed by atoms with Crippen molar-refractivity contribution >= 4 is 11.0 Å². The standard InChI is InChI=1S/C22H25N3O3/c26-21-22(27)24-20-18(23-21)7-4-8-19(20)28-14-13-25-11-9-17(10-12-25)15-16-5-2-1-3-6-16/h1-8,17H,9-15H2,(H,23,26)(H,24,27). The highest BCUT2D eigenvalue weighted by Gasteiger charge is 2.19. The number of rotatable bonds is 6. The molecule has 0 saturated carbocycles. The van der Waals surface area contributed by atoms with Crippen LogP contribution in [0.5, 0.6) is 5.75 Å². The highest BCUT2D eigenvalue weighted by atomic mass is 16.5. The first-order chi connectivity index (χ1) is 13.7. The van der Waals surface area contributed by atoms with Crippen LogP contribution >= 0.6 is 0 Å². The molecule has 4 rings (SSSR count). The summed E-state index contributed by atoms with van der Waals surface area (Å²) in [6, 6.07) is 16.1. The van der Waals surface area contributed by atoms with E-state index in [9.17, 15) is 9.59 Å². The Morgan fingerprint density at radius 2 is 1.68 bits per heavy atom. The number of hydrogen-bond acceptors (Lipinski definition) is 4. The number of ether oxygens (including phenoxy) is 1. The summed E-state index contributed by atoms with van der Waals surface area (Å²) in [6.07, 6.45) is 3.57. The molecule has 6 heteroatoms. The van der Waals surface area contributed by atoms with E-state index in [1.54, 1.807) is 12.1 Å². The van der Waals surface area contributed by atoms with Gasteiger partial charge in [-0.2, -0.15) is 0 Å². The highest BCUT2D eigenvalue weighted by Crippen LogP contribution is 2.22. The van der Waals surface area contributed by atoms with Crippen LogP contribution < -0.4 is 15.9 Å². The number of aromatic nitrogens is 2. The largest absolute Gasteiger partial charge is 0.490 e. The van der Waals surface area contributed by atoms with E-state index in [1.807, 2.05) is 6.07 Å². The van der Waals surface area contributed by atoms with Crippen molar-refractivity contribution in [1.29, 1.82) is 0 Å². The van der Waals surface area contributed by atoms with Crippen LogP contribution in [-0.4, -0.2) is 41.1 Å². The van der Waals surface area contributed by atoms with Crippen LogP contribution in [0.1, 0.15) is 18.4 Å². The van der Waals surface area contributed by atoms with E-state index in [0.29, 0.717) is 23.4 Å². The zero-order valence-electron chi connectivity index (χ0n) is 15.8. The maximum absolute atomic E-state index is 11.6. The van der Waals surface area contributed by atoms with Crippen LogP contribution in [-0.2, 0) is 6.42 Å². The number of nitrogens with one attached hydrogen (secondary N) is 2. The van der Waals surface area contributed by atoms with Gasteiger partial charge in [0.2, 0.25) is 0 Å². The summed E-state index contributed by atoms with van der Waals surface area (Å²) < 4.78 is 5.91. The Morgan fingerprint density at radius 3 is 2.46 bits per heavy atom. The van der Waals surface area contributed by atoms with Gasteiger partial charge in [-0.1, -0.05) is 36.4 Å². The molecule has 0 unspecified atom stereocenters. The summed E-state index contributed by atoms with van der Waals surface area (Å²) in [7, 11) is 0. The van der Waals surface area contributed by atoms with Gasteiger partial charge in [0, 0.05) is 6.54 Å². The minimum atomic E-state index is -0.663. The average molecular weight is 379 g/mol. The Labute approximate surface area is 163 Å². The lowest BCUT2D eigenvalue weighted by Gasteiger charge is -2.31. The molecule has 0 spiro atoms. The van der Waals surface area contributed by atoms with Crippen molar-refractivity contribution in [3.05, 3.63) is 74.8 Å². The van der Waals surface area contributed by atoms with E-state index in [4.69, 9.17) is 4.74 Å². The van der Waals surface area contributed by atoms with E-state index in [0.717, 1.165) is 32.0 Å². The first-order valence-electron chi connectivity index (χ1n) is 9.83. The molecule has 2 heterocycles. The van der Waals surface area contributed by atoms with Crippen LogP contribution in [0.15, 0.2) is 58.1 Å². The quantitative estimate of drug-likeness (QED) is 0.645. The smallest absolute Gasteiger partial charge is 0.314 e. The molecule has 2 N–H and O–H groups in total. The molecule has 0 atom stereocenters. The van der Waals surface area contributed by atoms with Crippen LogP contribution in [0.25, 0.3) is 11.0 Å². The summed E-state index contributed by atoms with van der Waals surface area (Å²) in [6.45, 7) is 3.56. The summed E-state index contributed by atoms with van der Waals surface area (Å²) in [4.78, 5) is 30.7. The van der Waals surface area contributed by atoms with E-state index < -0.39 is 11.1 Å². The van der Waals surface area contributed by atoms with Gasteiger partial charge in [0.1, 0.15) is 17.9 Å². The third-order valence-corrected chi connectivity index (χ3v) is 5.46. The van der Waals surface area contributed by atoms with Gasteiger partial charge in [0.15, 0.2) is 0 Å². The second kappa shape index (κ2) is 8.44. The van der Waals surface area contributed by atoms with Gasteiger partial charge in [-0.25, -0.2) is 0 Å². The molecule has 1 fully saturated rings. The van der Waals surface area contributed by atoms with Crippen molar-refractivity contribution in [3.63, 3.8) is 0 Å². The average Bonchev–Trinajstić information content (AvgIpc) is 2.71. The maximum atomic E-state index is 11.6. The lowest BCUT2D eigenvalue weighted by atomic mass is 9.90. The minimum absolute atomic E-state index is 0.536. The van der Waals surface area contributed by atoms with E-state index in [-0.39, 0.29) is 0 Å². The normalized spacial score (nSPS) is 15.7. The van der Waals surface area contributed by atoms with Crippen LogP contribution in [0.2, 0.25) is 0 Å². The zero-order valence-corrected chi connectivity index (χ0v) is 15.8. The molecule has 28 heavy (non-hydrogen) atoms. The molecule has 1 aliphatic heterocycles. The van der Waals surface area contributed by atoms with Gasteiger partial charge in [0.25, 0.3) is 0 Å². The molecule has 2 aromatic carbocycles. The van der Waals surface area contributed by atoms with Gasteiger partial charge in [-0.3, -0.25) is 14.5 Å². The zero-order chi connectivity index (χ0) is 19.3. The molecule has 0 amide bonds. The first kappa shape index (κ1) is 18.5. The number of nitrogens with zero attached hydrogens (tertiary/aromatic N) is 1. The number of piperidine rings is 1. The topological polar surface area (TPSA) is 78.2 Å². The van der Waals surface area contributed by atoms with Crippen molar-refractivity contribution in [3.8, 4) is 5.75 Å². The molecule has 1 aliphatic rings. The number of aromatic amines is 2. The van der Waals surface area contributed by atoms with Crippen molar-refractivity contribution in [2.24, 2.45) is 5.92 Å². The molecule has 146 valence electrons. The Morgan fingerprint density at radius 1 is 0.929 bits per heavy atom. The molecular weight excluding hydrogens is 354 g/mol. The lowest BCUT2D eigenvalue weighted by Crippen LogP contribution is -2.37. The van der Waals surface area contributed by atoms with E-state index >= 15 is 0 Å². The molecule has 3 aromatic rings. The van der Waals surface area contributed by atoms with E-state index in [1.165, 1.54) is 18.4 Å². The third kappa shape index (κ3) is 4.34. The van der Waals surface area contributed by atoms with Gasteiger partial charge in [-0.15, -0.1) is 0 Å². The Kier molecular flexibility index (Phi) is 5.58.